The smallest absolute Gasteiger partial charge is 0.255 e. The number of hydrogen-bond acceptors (Lipinski definition) is 5. The van der Waals surface area contributed by atoms with Gasteiger partial charge in [0.2, 0.25) is 0 Å². The van der Waals surface area contributed by atoms with Crippen LogP contribution in [-0.4, -0.2) is 73.0 Å². The number of rotatable bonds is 3. The molecule has 6 heteroatoms. The Morgan fingerprint density at radius 1 is 0.931 bits per heavy atom. The number of ether oxygens (including phenoxy) is 2. The first-order valence-electron chi connectivity index (χ1n) is 11.6. The molecule has 4 atom stereocenters. The summed E-state index contributed by atoms with van der Waals surface area (Å²) in [6.07, 6.45) is 3.57. The van der Waals surface area contributed by atoms with Gasteiger partial charge in [0.05, 0.1) is 13.2 Å². The SMILES string of the molecule is O=c1c(CN2C[C@H]3COC[C@H]3C2)ccc2n1C[C@H]1C[C@@H]2CN(C2CCOCC2)C1. The van der Waals surface area contributed by atoms with E-state index in [-0.39, 0.29) is 5.56 Å². The first-order valence-corrected chi connectivity index (χ1v) is 11.6. The Balaban J connectivity index is 1.20. The maximum Gasteiger partial charge on any atom is 0.255 e. The normalized spacial score (nSPS) is 35.6. The van der Waals surface area contributed by atoms with Crippen LogP contribution in [0.4, 0.5) is 0 Å². The van der Waals surface area contributed by atoms with Gasteiger partial charge in [-0.1, -0.05) is 6.07 Å². The van der Waals surface area contributed by atoms with Crippen molar-refractivity contribution in [2.24, 2.45) is 17.8 Å². The standard InChI is InChI=1S/C23H33N3O3/c27-23-17(10-24-11-19-14-29-15-20(19)12-24)1-2-22-18-7-16(9-26(22)23)8-25(13-18)21-3-5-28-6-4-21/h1-2,16,18-21H,3-15H2/t16-,18+,19-,20+/m0/s1. The van der Waals surface area contributed by atoms with E-state index in [9.17, 15) is 4.79 Å². The molecule has 0 radical (unpaired) electrons. The highest BCUT2D eigenvalue weighted by atomic mass is 16.5. The molecule has 0 saturated carbocycles. The summed E-state index contributed by atoms with van der Waals surface area (Å²) >= 11 is 0. The fourth-order valence-corrected chi connectivity index (χ4v) is 6.65. The van der Waals surface area contributed by atoms with Crippen LogP contribution in [0.1, 0.15) is 36.4 Å². The number of hydrogen-bond donors (Lipinski definition) is 0. The van der Waals surface area contributed by atoms with Crippen molar-refractivity contribution in [3.8, 4) is 0 Å². The predicted molar refractivity (Wildman–Crippen MR) is 110 cm³/mol. The molecule has 6 heterocycles. The predicted octanol–water partition coefficient (Wildman–Crippen LogP) is 1.52. The summed E-state index contributed by atoms with van der Waals surface area (Å²) in [6, 6.07) is 5.07. The lowest BCUT2D eigenvalue weighted by Gasteiger charge is -2.46. The van der Waals surface area contributed by atoms with Crippen molar-refractivity contribution >= 4 is 0 Å². The lowest BCUT2D eigenvalue weighted by Crippen LogP contribution is -2.52. The van der Waals surface area contributed by atoms with Crippen LogP contribution in [0.2, 0.25) is 0 Å². The van der Waals surface area contributed by atoms with Gasteiger partial charge in [0.15, 0.2) is 0 Å². The van der Waals surface area contributed by atoms with E-state index in [1.807, 2.05) is 0 Å². The van der Waals surface area contributed by atoms with Crippen LogP contribution in [0.3, 0.4) is 0 Å². The number of nitrogens with zero attached hydrogens (tertiary/aromatic N) is 3. The van der Waals surface area contributed by atoms with Crippen molar-refractivity contribution in [2.75, 3.05) is 52.6 Å². The molecule has 6 rings (SSSR count). The summed E-state index contributed by atoms with van der Waals surface area (Å²) in [7, 11) is 0. The molecule has 0 amide bonds. The minimum atomic E-state index is 0.269. The molecule has 29 heavy (non-hydrogen) atoms. The van der Waals surface area contributed by atoms with Gasteiger partial charge < -0.3 is 14.0 Å². The molecule has 0 unspecified atom stereocenters. The van der Waals surface area contributed by atoms with E-state index in [1.165, 1.54) is 12.1 Å². The Morgan fingerprint density at radius 3 is 2.52 bits per heavy atom. The molecule has 0 aromatic carbocycles. The summed E-state index contributed by atoms with van der Waals surface area (Å²) < 4.78 is 13.3. The lowest BCUT2D eigenvalue weighted by atomic mass is 9.82. The van der Waals surface area contributed by atoms with Crippen LogP contribution in [0.15, 0.2) is 16.9 Å². The first-order chi connectivity index (χ1) is 14.2. The molecule has 158 valence electrons. The zero-order valence-electron chi connectivity index (χ0n) is 17.3. The molecule has 6 nitrogen and oxygen atoms in total. The highest BCUT2D eigenvalue weighted by Gasteiger charge is 2.39. The van der Waals surface area contributed by atoms with E-state index in [0.717, 1.165) is 84.1 Å². The van der Waals surface area contributed by atoms with Crippen molar-refractivity contribution < 1.29 is 9.47 Å². The van der Waals surface area contributed by atoms with Gasteiger partial charge in [0.25, 0.3) is 5.56 Å². The van der Waals surface area contributed by atoms with E-state index in [2.05, 4.69) is 26.5 Å². The molecule has 0 N–H and O–H groups in total. The Bertz CT molecular complexity index is 806. The molecule has 5 aliphatic rings. The zero-order chi connectivity index (χ0) is 19.4. The highest BCUT2D eigenvalue weighted by molar-refractivity contribution is 5.22. The van der Waals surface area contributed by atoms with E-state index >= 15 is 0 Å². The summed E-state index contributed by atoms with van der Waals surface area (Å²) in [5.74, 6) is 2.47. The summed E-state index contributed by atoms with van der Waals surface area (Å²) in [4.78, 5) is 18.5. The van der Waals surface area contributed by atoms with E-state index in [4.69, 9.17) is 9.47 Å². The monoisotopic (exact) mass is 399 g/mol. The van der Waals surface area contributed by atoms with E-state index < -0.39 is 0 Å². The molecule has 0 spiro atoms. The van der Waals surface area contributed by atoms with Gasteiger partial charge in [0, 0.05) is 87.5 Å². The molecule has 4 fully saturated rings. The molecule has 1 aromatic rings. The number of likely N-dealkylation sites (tertiary alicyclic amines) is 2. The van der Waals surface area contributed by atoms with Crippen LogP contribution in [0, 0.1) is 17.8 Å². The van der Waals surface area contributed by atoms with Gasteiger partial charge >= 0.3 is 0 Å². The fraction of sp³-hybridized carbons (Fsp3) is 0.783. The third-order valence-corrected chi connectivity index (χ3v) is 8.13. The summed E-state index contributed by atoms with van der Waals surface area (Å²) in [6.45, 7) is 9.72. The maximum absolute atomic E-state index is 13.3. The second-order valence-electron chi connectivity index (χ2n) is 10.0. The van der Waals surface area contributed by atoms with Crippen molar-refractivity contribution in [3.05, 3.63) is 33.7 Å². The van der Waals surface area contributed by atoms with Crippen LogP contribution in [0.5, 0.6) is 0 Å². The minimum absolute atomic E-state index is 0.269. The van der Waals surface area contributed by atoms with Crippen molar-refractivity contribution in [2.45, 2.75) is 44.3 Å². The Kier molecular flexibility index (Phi) is 4.79. The van der Waals surface area contributed by atoms with Crippen LogP contribution >= 0.6 is 0 Å². The molecular weight excluding hydrogens is 366 g/mol. The van der Waals surface area contributed by atoms with Gasteiger partial charge in [0.1, 0.15) is 0 Å². The molecular formula is C23H33N3O3. The molecule has 1 aromatic heterocycles. The summed E-state index contributed by atoms with van der Waals surface area (Å²) in [5, 5.41) is 0. The fourth-order valence-electron chi connectivity index (χ4n) is 6.65. The highest BCUT2D eigenvalue weighted by Crippen LogP contribution is 2.37. The van der Waals surface area contributed by atoms with Gasteiger partial charge in [-0.05, 0) is 31.2 Å². The summed E-state index contributed by atoms with van der Waals surface area (Å²) in [5.41, 5.74) is 2.53. The van der Waals surface area contributed by atoms with Crippen LogP contribution < -0.4 is 5.56 Å². The number of fused-ring (bicyclic) bond motifs is 5. The third-order valence-electron chi connectivity index (χ3n) is 8.13. The first kappa shape index (κ1) is 18.6. The van der Waals surface area contributed by atoms with E-state index in [1.54, 1.807) is 0 Å². The van der Waals surface area contributed by atoms with Gasteiger partial charge in [-0.25, -0.2) is 0 Å². The van der Waals surface area contributed by atoms with Gasteiger partial charge in [-0.2, -0.15) is 0 Å². The maximum atomic E-state index is 13.3. The average molecular weight is 400 g/mol. The van der Waals surface area contributed by atoms with Crippen LogP contribution in [-0.2, 0) is 22.6 Å². The largest absolute Gasteiger partial charge is 0.381 e. The molecule has 0 aliphatic carbocycles. The minimum Gasteiger partial charge on any atom is -0.381 e. The Morgan fingerprint density at radius 2 is 1.72 bits per heavy atom. The average Bonchev–Trinajstić information content (AvgIpc) is 3.33. The second kappa shape index (κ2) is 7.49. The lowest BCUT2D eigenvalue weighted by molar-refractivity contribution is 0.00582. The Hall–Kier alpha value is -1.21. The van der Waals surface area contributed by atoms with E-state index in [0.29, 0.717) is 29.7 Å². The Labute approximate surface area is 172 Å². The molecule has 2 bridgehead atoms. The second-order valence-corrected chi connectivity index (χ2v) is 10.0. The van der Waals surface area contributed by atoms with Crippen molar-refractivity contribution in [1.82, 2.24) is 14.4 Å². The molecule has 5 aliphatic heterocycles. The van der Waals surface area contributed by atoms with Gasteiger partial charge in [-0.15, -0.1) is 0 Å². The van der Waals surface area contributed by atoms with Crippen molar-refractivity contribution in [3.63, 3.8) is 0 Å². The van der Waals surface area contributed by atoms with Crippen LogP contribution in [0.25, 0.3) is 0 Å². The quantitative estimate of drug-likeness (QED) is 0.771. The van der Waals surface area contributed by atoms with Gasteiger partial charge in [-0.3, -0.25) is 14.6 Å². The van der Waals surface area contributed by atoms with Crippen molar-refractivity contribution in [1.29, 1.82) is 0 Å². The number of aromatic nitrogens is 1. The third kappa shape index (κ3) is 3.38. The number of pyridine rings is 1. The number of piperidine rings is 1. The molecule has 4 saturated heterocycles. The zero-order valence-corrected chi connectivity index (χ0v) is 17.3. The topological polar surface area (TPSA) is 46.9 Å².